The van der Waals surface area contributed by atoms with Crippen molar-refractivity contribution < 1.29 is 14.3 Å². The second kappa shape index (κ2) is 9.23. The number of amides is 1. The maximum absolute atomic E-state index is 12.5. The van der Waals surface area contributed by atoms with E-state index in [-0.39, 0.29) is 12.0 Å². The van der Waals surface area contributed by atoms with Crippen molar-refractivity contribution >= 4 is 5.91 Å². The Labute approximate surface area is 149 Å². The van der Waals surface area contributed by atoms with Crippen LogP contribution in [0.15, 0.2) is 54.6 Å². The number of hydrogen-bond donors (Lipinski definition) is 1. The van der Waals surface area contributed by atoms with Crippen LogP contribution in [0.25, 0.3) is 0 Å². The molecule has 1 saturated heterocycles. The third-order valence-corrected chi connectivity index (χ3v) is 4.39. The van der Waals surface area contributed by atoms with Crippen LogP contribution in [-0.2, 0) is 11.2 Å². The lowest BCUT2D eigenvalue weighted by atomic mass is 10.1. The molecule has 25 heavy (non-hydrogen) atoms. The highest BCUT2D eigenvalue weighted by Gasteiger charge is 2.17. The molecule has 1 aliphatic rings. The van der Waals surface area contributed by atoms with E-state index in [2.05, 4.69) is 17.4 Å². The van der Waals surface area contributed by atoms with Crippen LogP contribution < -0.4 is 10.1 Å². The van der Waals surface area contributed by atoms with Crippen molar-refractivity contribution in [3.63, 3.8) is 0 Å². The molecule has 0 spiro atoms. The van der Waals surface area contributed by atoms with E-state index in [1.807, 2.05) is 36.4 Å². The number of ether oxygens (including phenoxy) is 2. The number of carbonyl (C=O) groups excluding carboxylic acids is 1. The molecular weight excluding hydrogens is 314 g/mol. The molecule has 0 aromatic heterocycles. The third kappa shape index (κ3) is 5.33. The summed E-state index contributed by atoms with van der Waals surface area (Å²) in [4.78, 5) is 12.5. The number of carbonyl (C=O) groups is 1. The summed E-state index contributed by atoms with van der Waals surface area (Å²) in [5.41, 5.74) is 1.80. The molecule has 1 amide bonds. The van der Waals surface area contributed by atoms with Gasteiger partial charge in [-0.2, -0.15) is 0 Å². The van der Waals surface area contributed by atoms with E-state index >= 15 is 0 Å². The average molecular weight is 339 g/mol. The van der Waals surface area contributed by atoms with Gasteiger partial charge in [0.15, 0.2) is 0 Å². The number of benzene rings is 2. The van der Waals surface area contributed by atoms with Gasteiger partial charge in [0.05, 0.1) is 18.3 Å². The van der Waals surface area contributed by atoms with Crippen molar-refractivity contribution in [2.75, 3.05) is 19.8 Å². The van der Waals surface area contributed by atoms with Crippen LogP contribution in [-0.4, -0.2) is 31.8 Å². The molecule has 0 aliphatic carbocycles. The molecule has 1 unspecified atom stereocenters. The predicted molar refractivity (Wildman–Crippen MR) is 98.0 cm³/mol. The fraction of sp³-hybridized carbons (Fsp3) is 0.381. The molecule has 132 valence electrons. The molecule has 0 saturated carbocycles. The molecule has 4 nitrogen and oxygen atoms in total. The first-order chi connectivity index (χ1) is 12.3. The highest BCUT2D eigenvalue weighted by molar-refractivity contribution is 5.96. The smallest absolute Gasteiger partial charge is 0.255 e. The summed E-state index contributed by atoms with van der Waals surface area (Å²) in [6.45, 7) is 1.89. The Morgan fingerprint density at radius 1 is 1.08 bits per heavy atom. The average Bonchev–Trinajstić information content (AvgIpc) is 2.68. The number of para-hydroxylation sites is 1. The maximum atomic E-state index is 12.5. The molecule has 1 atom stereocenters. The fourth-order valence-corrected chi connectivity index (χ4v) is 2.97. The lowest BCUT2D eigenvalue weighted by Crippen LogP contribution is -2.35. The SMILES string of the molecule is O=C(NCC1CCCCO1)c1ccccc1OCCc1ccccc1. The van der Waals surface area contributed by atoms with Crippen molar-refractivity contribution in [2.24, 2.45) is 0 Å². The first kappa shape index (κ1) is 17.5. The van der Waals surface area contributed by atoms with Crippen LogP contribution in [0, 0.1) is 0 Å². The summed E-state index contributed by atoms with van der Waals surface area (Å²) >= 11 is 0. The zero-order valence-electron chi connectivity index (χ0n) is 14.4. The molecule has 2 aromatic carbocycles. The maximum Gasteiger partial charge on any atom is 0.255 e. The van der Waals surface area contributed by atoms with E-state index in [9.17, 15) is 4.79 Å². The first-order valence-electron chi connectivity index (χ1n) is 8.98. The summed E-state index contributed by atoms with van der Waals surface area (Å²) in [7, 11) is 0. The van der Waals surface area contributed by atoms with Crippen molar-refractivity contribution in [3.05, 3.63) is 65.7 Å². The van der Waals surface area contributed by atoms with Gasteiger partial charge in [-0.05, 0) is 37.0 Å². The van der Waals surface area contributed by atoms with Gasteiger partial charge in [-0.1, -0.05) is 42.5 Å². The van der Waals surface area contributed by atoms with Crippen LogP contribution in [0.5, 0.6) is 5.75 Å². The van der Waals surface area contributed by atoms with E-state index in [1.54, 1.807) is 6.07 Å². The van der Waals surface area contributed by atoms with Gasteiger partial charge >= 0.3 is 0 Å². The Bertz CT molecular complexity index is 666. The van der Waals surface area contributed by atoms with Crippen molar-refractivity contribution in [1.82, 2.24) is 5.32 Å². The number of hydrogen-bond acceptors (Lipinski definition) is 3. The lowest BCUT2D eigenvalue weighted by Gasteiger charge is -2.23. The van der Waals surface area contributed by atoms with Crippen LogP contribution in [0.1, 0.15) is 35.2 Å². The normalized spacial score (nSPS) is 17.0. The highest BCUT2D eigenvalue weighted by Crippen LogP contribution is 2.19. The van der Waals surface area contributed by atoms with Gasteiger partial charge in [0.25, 0.3) is 5.91 Å². The van der Waals surface area contributed by atoms with E-state index in [0.717, 1.165) is 25.9 Å². The third-order valence-electron chi connectivity index (χ3n) is 4.39. The molecule has 1 heterocycles. The standard InChI is InChI=1S/C21H25NO3/c23-21(22-16-18-10-6-7-14-24-18)19-11-4-5-12-20(19)25-15-13-17-8-2-1-3-9-17/h1-5,8-9,11-12,18H,6-7,10,13-16H2,(H,22,23). The fourth-order valence-electron chi connectivity index (χ4n) is 2.97. The largest absolute Gasteiger partial charge is 0.492 e. The zero-order chi connectivity index (χ0) is 17.3. The summed E-state index contributed by atoms with van der Waals surface area (Å²) < 4.78 is 11.5. The Kier molecular flexibility index (Phi) is 6.46. The minimum Gasteiger partial charge on any atom is -0.492 e. The van der Waals surface area contributed by atoms with E-state index in [0.29, 0.717) is 24.5 Å². The highest BCUT2D eigenvalue weighted by atomic mass is 16.5. The monoisotopic (exact) mass is 339 g/mol. The van der Waals surface area contributed by atoms with E-state index in [4.69, 9.17) is 9.47 Å². The van der Waals surface area contributed by atoms with Gasteiger partial charge in [0.2, 0.25) is 0 Å². The van der Waals surface area contributed by atoms with Crippen molar-refractivity contribution in [3.8, 4) is 5.75 Å². The van der Waals surface area contributed by atoms with Gasteiger partial charge in [-0.15, -0.1) is 0 Å². The van der Waals surface area contributed by atoms with Crippen LogP contribution in [0.2, 0.25) is 0 Å². The molecule has 0 radical (unpaired) electrons. The number of nitrogens with one attached hydrogen (secondary N) is 1. The van der Waals surface area contributed by atoms with Gasteiger partial charge in [-0.25, -0.2) is 0 Å². The Hall–Kier alpha value is -2.33. The Balaban J connectivity index is 1.53. The van der Waals surface area contributed by atoms with E-state index < -0.39 is 0 Å². The quantitative estimate of drug-likeness (QED) is 0.838. The summed E-state index contributed by atoms with van der Waals surface area (Å²) in [5.74, 6) is 0.518. The summed E-state index contributed by atoms with van der Waals surface area (Å²) in [6, 6.07) is 17.6. The second-order valence-corrected chi connectivity index (χ2v) is 6.28. The minimum absolute atomic E-state index is 0.107. The van der Waals surface area contributed by atoms with Crippen molar-refractivity contribution in [1.29, 1.82) is 0 Å². The predicted octanol–water partition coefficient (Wildman–Crippen LogP) is 3.61. The lowest BCUT2D eigenvalue weighted by molar-refractivity contribution is 0.0168. The molecule has 4 heteroatoms. The molecule has 1 aliphatic heterocycles. The van der Waals surface area contributed by atoms with E-state index in [1.165, 1.54) is 12.0 Å². The molecular formula is C21H25NO3. The second-order valence-electron chi connectivity index (χ2n) is 6.28. The van der Waals surface area contributed by atoms with Gasteiger partial charge in [0, 0.05) is 19.6 Å². The molecule has 1 fully saturated rings. The van der Waals surface area contributed by atoms with Gasteiger partial charge in [-0.3, -0.25) is 4.79 Å². The molecule has 0 bridgehead atoms. The van der Waals surface area contributed by atoms with Crippen LogP contribution in [0.4, 0.5) is 0 Å². The molecule has 2 aromatic rings. The first-order valence-corrected chi connectivity index (χ1v) is 8.98. The number of rotatable bonds is 7. The summed E-state index contributed by atoms with van der Waals surface area (Å²) in [5, 5.41) is 2.97. The van der Waals surface area contributed by atoms with Crippen LogP contribution in [0.3, 0.4) is 0 Å². The Morgan fingerprint density at radius 2 is 1.88 bits per heavy atom. The summed E-state index contributed by atoms with van der Waals surface area (Å²) in [6.07, 6.45) is 4.23. The molecule has 3 rings (SSSR count). The minimum atomic E-state index is -0.107. The van der Waals surface area contributed by atoms with Crippen molar-refractivity contribution in [2.45, 2.75) is 31.8 Å². The van der Waals surface area contributed by atoms with Gasteiger partial charge < -0.3 is 14.8 Å². The van der Waals surface area contributed by atoms with Gasteiger partial charge in [0.1, 0.15) is 5.75 Å². The topological polar surface area (TPSA) is 47.6 Å². The Morgan fingerprint density at radius 3 is 2.68 bits per heavy atom. The van der Waals surface area contributed by atoms with Crippen LogP contribution >= 0.6 is 0 Å². The molecule has 1 N–H and O–H groups in total. The zero-order valence-corrected chi connectivity index (χ0v) is 14.4.